The first-order valence-corrected chi connectivity index (χ1v) is 14.2. The third-order valence-electron chi connectivity index (χ3n) is 7.59. The Morgan fingerprint density at radius 2 is 1.53 bits per heavy atom. The van der Waals surface area contributed by atoms with Crippen LogP contribution in [0.3, 0.4) is 0 Å². The van der Waals surface area contributed by atoms with Crippen LogP contribution in [0.15, 0.2) is 95.9 Å². The molecule has 1 saturated heterocycles. The number of piperazine rings is 1. The molecule has 4 aromatic carbocycles. The van der Waals surface area contributed by atoms with Gasteiger partial charge in [0.15, 0.2) is 0 Å². The molecule has 1 fully saturated rings. The Bertz CT molecular complexity index is 1590. The highest BCUT2D eigenvalue weighted by molar-refractivity contribution is 7.89. The molecule has 4 aromatic rings. The Kier molecular flexibility index (Phi) is 6.39. The van der Waals surface area contributed by atoms with Crippen molar-refractivity contribution in [1.29, 1.82) is 0 Å². The highest BCUT2D eigenvalue weighted by Gasteiger charge is 2.41. The molecule has 0 radical (unpaired) electrons. The molecule has 194 valence electrons. The molecule has 1 aliphatic heterocycles. The third-order valence-corrected chi connectivity index (χ3v) is 9.04. The number of carbonyl (C=O) groups is 1. The molecule has 0 saturated carbocycles. The zero-order valence-corrected chi connectivity index (χ0v) is 21.9. The van der Waals surface area contributed by atoms with E-state index in [1.54, 1.807) is 49.6 Å². The highest BCUT2D eigenvalue weighted by Crippen LogP contribution is 2.47. The average molecular weight is 528 g/mol. The van der Waals surface area contributed by atoms with Crippen LogP contribution in [0, 0.1) is 0 Å². The maximum absolute atomic E-state index is 13.4. The number of methoxy groups -OCH3 is 1. The Morgan fingerprint density at radius 1 is 0.842 bits per heavy atom. The predicted molar refractivity (Wildman–Crippen MR) is 147 cm³/mol. The quantitative estimate of drug-likeness (QED) is 0.403. The molecule has 1 heterocycles. The van der Waals surface area contributed by atoms with Gasteiger partial charge in [-0.25, -0.2) is 13.1 Å². The van der Waals surface area contributed by atoms with E-state index in [0.717, 1.165) is 21.9 Å². The lowest BCUT2D eigenvalue weighted by molar-refractivity contribution is 0.0539. The van der Waals surface area contributed by atoms with Crippen molar-refractivity contribution in [3.63, 3.8) is 0 Å². The number of ether oxygens (including phenoxy) is 1. The average Bonchev–Trinajstić information content (AvgIpc) is 3.27. The van der Waals surface area contributed by atoms with Crippen molar-refractivity contribution in [3.8, 4) is 5.75 Å². The second-order valence-corrected chi connectivity index (χ2v) is 11.4. The van der Waals surface area contributed by atoms with Crippen LogP contribution < -0.4 is 9.46 Å². The van der Waals surface area contributed by atoms with Crippen molar-refractivity contribution >= 4 is 26.7 Å². The fraction of sp³-hybridized carbons (Fsp3) is 0.233. The lowest BCUT2D eigenvalue weighted by atomic mass is 10.0. The summed E-state index contributed by atoms with van der Waals surface area (Å²) in [4.78, 5) is 17.6. The molecule has 7 nitrogen and oxygen atoms in total. The first kappa shape index (κ1) is 24.6. The van der Waals surface area contributed by atoms with E-state index < -0.39 is 16.1 Å². The van der Waals surface area contributed by atoms with Gasteiger partial charge in [-0.3, -0.25) is 9.69 Å². The minimum absolute atomic E-state index is 0.0262. The van der Waals surface area contributed by atoms with E-state index in [4.69, 9.17) is 4.74 Å². The molecule has 1 amide bonds. The first-order valence-electron chi connectivity index (χ1n) is 12.7. The zero-order valence-electron chi connectivity index (χ0n) is 21.1. The molecule has 6 rings (SSSR count). The summed E-state index contributed by atoms with van der Waals surface area (Å²) < 4.78 is 35.2. The van der Waals surface area contributed by atoms with E-state index in [1.807, 2.05) is 35.2 Å². The minimum Gasteiger partial charge on any atom is -0.497 e. The Labute approximate surface area is 222 Å². The Balaban J connectivity index is 1.29. The normalized spacial score (nSPS) is 19.6. The summed E-state index contributed by atoms with van der Waals surface area (Å²) in [5.74, 6) is 0.626. The van der Waals surface area contributed by atoms with Gasteiger partial charge < -0.3 is 9.64 Å². The number of nitrogens with zero attached hydrogens (tertiary/aromatic N) is 2. The lowest BCUT2D eigenvalue weighted by Crippen LogP contribution is -2.51. The Morgan fingerprint density at radius 3 is 2.24 bits per heavy atom. The zero-order chi connectivity index (χ0) is 26.3. The summed E-state index contributed by atoms with van der Waals surface area (Å²) in [5.41, 5.74) is 2.70. The van der Waals surface area contributed by atoms with Crippen molar-refractivity contribution in [2.24, 2.45) is 0 Å². The van der Waals surface area contributed by atoms with Crippen molar-refractivity contribution in [3.05, 3.63) is 108 Å². The maximum Gasteiger partial charge on any atom is 0.254 e. The van der Waals surface area contributed by atoms with Gasteiger partial charge in [-0.05, 0) is 52.2 Å². The number of benzene rings is 4. The summed E-state index contributed by atoms with van der Waals surface area (Å²) in [7, 11) is -2.16. The number of amides is 1. The fourth-order valence-electron chi connectivity index (χ4n) is 5.77. The number of hydrogen-bond donors (Lipinski definition) is 1. The van der Waals surface area contributed by atoms with Gasteiger partial charge in [0.05, 0.1) is 24.1 Å². The van der Waals surface area contributed by atoms with Gasteiger partial charge in [-0.15, -0.1) is 0 Å². The van der Waals surface area contributed by atoms with Crippen LogP contribution in [0.5, 0.6) is 5.75 Å². The molecule has 0 bridgehead atoms. The SMILES string of the molecule is COc1cccc(C(=O)N2CCN([C@@H]3c4cccc5cccc(c45)[C@H]3NS(=O)(=O)c3ccccc3)CC2)c1. The summed E-state index contributed by atoms with van der Waals surface area (Å²) >= 11 is 0. The standard InChI is InChI=1S/C30H29N3O4S/c1-37-23-11-5-10-22(20-23)30(34)33-18-16-32(17-19-33)29-26-15-7-9-21-8-6-14-25(27(21)26)28(29)31-38(35,36)24-12-3-2-4-13-24/h2-15,20,28-29,31H,16-19H2,1H3/t28-,29-/m1/s1. The summed E-state index contributed by atoms with van der Waals surface area (Å²) in [6.07, 6.45) is 0. The molecule has 1 N–H and O–H groups in total. The van der Waals surface area contributed by atoms with Gasteiger partial charge in [-0.1, -0.05) is 60.7 Å². The van der Waals surface area contributed by atoms with E-state index in [0.29, 0.717) is 37.5 Å². The molecule has 8 heteroatoms. The van der Waals surface area contributed by atoms with Crippen molar-refractivity contribution in [2.75, 3.05) is 33.3 Å². The fourth-order valence-corrected chi connectivity index (χ4v) is 7.01. The van der Waals surface area contributed by atoms with Gasteiger partial charge in [-0.2, -0.15) is 0 Å². The molecule has 1 aliphatic carbocycles. The first-order chi connectivity index (χ1) is 18.5. The monoisotopic (exact) mass is 527 g/mol. The van der Waals surface area contributed by atoms with Crippen molar-refractivity contribution in [2.45, 2.75) is 17.0 Å². The van der Waals surface area contributed by atoms with Crippen molar-refractivity contribution < 1.29 is 17.9 Å². The topological polar surface area (TPSA) is 79.0 Å². The van der Waals surface area contributed by atoms with E-state index in [2.05, 4.69) is 27.8 Å². The second kappa shape index (κ2) is 9.87. The third kappa shape index (κ3) is 4.34. The Hall–Kier alpha value is -3.72. The number of sulfonamides is 1. The van der Waals surface area contributed by atoms with Crippen LogP contribution in [0.1, 0.15) is 33.6 Å². The van der Waals surface area contributed by atoms with Crippen LogP contribution in [-0.2, 0) is 10.0 Å². The van der Waals surface area contributed by atoms with Crippen molar-refractivity contribution in [1.82, 2.24) is 14.5 Å². The highest BCUT2D eigenvalue weighted by atomic mass is 32.2. The molecule has 0 unspecified atom stereocenters. The number of nitrogens with one attached hydrogen (secondary N) is 1. The molecular formula is C30H29N3O4S. The summed E-state index contributed by atoms with van der Waals surface area (Å²) in [5, 5.41) is 2.20. The van der Waals surface area contributed by atoms with Gasteiger partial charge in [0, 0.05) is 31.7 Å². The van der Waals surface area contributed by atoms with Crippen LogP contribution >= 0.6 is 0 Å². The number of rotatable bonds is 6. The van der Waals surface area contributed by atoms with E-state index in [1.165, 1.54) is 0 Å². The van der Waals surface area contributed by atoms with Gasteiger partial charge in [0.1, 0.15) is 5.75 Å². The van der Waals surface area contributed by atoms with Crippen LogP contribution in [-0.4, -0.2) is 57.4 Å². The van der Waals surface area contributed by atoms with Crippen LogP contribution in [0.2, 0.25) is 0 Å². The molecule has 2 aliphatic rings. The summed E-state index contributed by atoms with van der Waals surface area (Å²) in [6, 6.07) is 27.4. The molecular weight excluding hydrogens is 498 g/mol. The minimum atomic E-state index is -3.75. The number of hydrogen-bond acceptors (Lipinski definition) is 5. The summed E-state index contributed by atoms with van der Waals surface area (Å²) in [6.45, 7) is 2.37. The van der Waals surface area contributed by atoms with Gasteiger partial charge in [0.2, 0.25) is 10.0 Å². The van der Waals surface area contributed by atoms with E-state index in [-0.39, 0.29) is 16.8 Å². The van der Waals surface area contributed by atoms with Crippen LogP contribution in [0.4, 0.5) is 0 Å². The van der Waals surface area contributed by atoms with Crippen LogP contribution in [0.25, 0.3) is 10.8 Å². The predicted octanol–water partition coefficient (Wildman–Crippen LogP) is 4.38. The molecule has 2 atom stereocenters. The van der Waals surface area contributed by atoms with E-state index >= 15 is 0 Å². The second-order valence-electron chi connectivity index (χ2n) is 9.71. The largest absolute Gasteiger partial charge is 0.497 e. The van der Waals surface area contributed by atoms with Gasteiger partial charge in [0.25, 0.3) is 5.91 Å². The smallest absolute Gasteiger partial charge is 0.254 e. The molecule has 0 spiro atoms. The lowest BCUT2D eigenvalue weighted by Gasteiger charge is -2.40. The van der Waals surface area contributed by atoms with Gasteiger partial charge >= 0.3 is 0 Å². The molecule has 0 aromatic heterocycles. The molecule has 38 heavy (non-hydrogen) atoms. The number of carbonyl (C=O) groups excluding carboxylic acids is 1. The van der Waals surface area contributed by atoms with E-state index in [9.17, 15) is 13.2 Å². The maximum atomic E-state index is 13.4.